The van der Waals surface area contributed by atoms with Gasteiger partial charge in [-0.25, -0.2) is 13.2 Å². The number of rotatable bonds is 2. The summed E-state index contributed by atoms with van der Waals surface area (Å²) in [5.74, 6) is -2.40. The number of hydrogen-bond acceptors (Lipinski definition) is 0. The van der Waals surface area contributed by atoms with Gasteiger partial charge in [-0.15, -0.1) is 0 Å². The lowest BCUT2D eigenvalue weighted by atomic mass is 9.91. The highest BCUT2D eigenvalue weighted by Crippen LogP contribution is 2.33. The van der Waals surface area contributed by atoms with Crippen LogP contribution in [0.5, 0.6) is 0 Å². The van der Waals surface area contributed by atoms with E-state index in [2.05, 4.69) is 0 Å². The molecule has 0 spiro atoms. The van der Waals surface area contributed by atoms with Crippen molar-refractivity contribution in [3.05, 3.63) is 58.9 Å². The van der Waals surface area contributed by atoms with Crippen LogP contribution in [0.4, 0.5) is 13.2 Å². The van der Waals surface area contributed by atoms with Gasteiger partial charge in [-0.05, 0) is 29.5 Å². The van der Waals surface area contributed by atoms with Crippen LogP contribution < -0.4 is 0 Å². The Kier molecular flexibility index (Phi) is 3.65. The molecule has 0 N–H and O–H groups in total. The van der Waals surface area contributed by atoms with Crippen molar-refractivity contribution in [1.82, 2.24) is 0 Å². The van der Waals surface area contributed by atoms with Crippen LogP contribution in [0.25, 0.3) is 11.1 Å². The minimum Gasteiger partial charge on any atom is -0.207 e. The Balaban J connectivity index is 2.70. The van der Waals surface area contributed by atoms with Gasteiger partial charge in [0.15, 0.2) is 0 Å². The smallest absolute Gasteiger partial charge is 0.136 e. The van der Waals surface area contributed by atoms with Crippen molar-refractivity contribution in [3.8, 4) is 11.1 Å². The van der Waals surface area contributed by atoms with Gasteiger partial charge in [-0.2, -0.15) is 0 Å². The van der Waals surface area contributed by atoms with Crippen LogP contribution in [0.2, 0.25) is 0 Å². The molecule has 2 aromatic carbocycles. The summed E-state index contributed by atoms with van der Waals surface area (Å²) < 4.78 is 40.6. The van der Waals surface area contributed by atoms with Crippen LogP contribution in [0, 0.1) is 24.4 Å². The zero-order valence-corrected chi connectivity index (χ0v) is 11.1. The van der Waals surface area contributed by atoms with E-state index < -0.39 is 17.5 Å². The minimum absolute atomic E-state index is 0.165. The van der Waals surface area contributed by atoms with E-state index in [1.807, 2.05) is 26.8 Å². The second-order valence-electron chi connectivity index (χ2n) is 4.92. The van der Waals surface area contributed by atoms with Gasteiger partial charge in [0.05, 0.1) is 5.56 Å². The maximum Gasteiger partial charge on any atom is 0.136 e. The molecule has 0 aromatic heterocycles. The van der Waals surface area contributed by atoms with Crippen molar-refractivity contribution in [3.63, 3.8) is 0 Å². The third kappa shape index (κ3) is 2.50. The predicted molar refractivity (Wildman–Crippen MR) is 70.6 cm³/mol. The Morgan fingerprint density at radius 1 is 0.947 bits per heavy atom. The van der Waals surface area contributed by atoms with Crippen molar-refractivity contribution < 1.29 is 13.2 Å². The fourth-order valence-corrected chi connectivity index (χ4v) is 2.35. The third-order valence-corrected chi connectivity index (χ3v) is 3.27. The van der Waals surface area contributed by atoms with Crippen LogP contribution in [0.15, 0.2) is 30.3 Å². The first-order chi connectivity index (χ1) is 8.91. The fraction of sp³-hybridized carbons (Fsp3) is 0.250. The van der Waals surface area contributed by atoms with Gasteiger partial charge in [-0.3, -0.25) is 0 Å². The Hall–Kier alpha value is -1.77. The summed E-state index contributed by atoms with van der Waals surface area (Å²) in [4.78, 5) is 0. The molecule has 0 fully saturated rings. The van der Waals surface area contributed by atoms with E-state index >= 15 is 0 Å². The van der Waals surface area contributed by atoms with Crippen LogP contribution in [0.1, 0.15) is 30.9 Å². The number of halogens is 3. The van der Waals surface area contributed by atoms with Crippen molar-refractivity contribution in [2.75, 3.05) is 0 Å². The minimum atomic E-state index is -0.906. The molecule has 0 bridgehead atoms. The van der Waals surface area contributed by atoms with Gasteiger partial charge in [0, 0.05) is 12.1 Å². The average molecular weight is 264 g/mol. The molecule has 0 heterocycles. The van der Waals surface area contributed by atoms with E-state index in [-0.39, 0.29) is 11.5 Å². The topological polar surface area (TPSA) is 0 Å². The maximum absolute atomic E-state index is 13.8. The first kappa shape index (κ1) is 13.7. The van der Waals surface area contributed by atoms with Crippen molar-refractivity contribution >= 4 is 0 Å². The van der Waals surface area contributed by atoms with Crippen molar-refractivity contribution in [2.24, 2.45) is 0 Å². The van der Waals surface area contributed by atoms with E-state index in [1.54, 1.807) is 12.1 Å². The van der Waals surface area contributed by atoms with E-state index in [0.29, 0.717) is 17.7 Å². The van der Waals surface area contributed by atoms with Gasteiger partial charge in [0.2, 0.25) is 0 Å². The molecule has 0 nitrogen and oxygen atoms in total. The summed E-state index contributed by atoms with van der Waals surface area (Å²) in [5, 5.41) is 0. The monoisotopic (exact) mass is 264 g/mol. The van der Waals surface area contributed by atoms with Crippen molar-refractivity contribution in [2.45, 2.75) is 26.7 Å². The summed E-state index contributed by atoms with van der Waals surface area (Å²) in [7, 11) is 0. The summed E-state index contributed by atoms with van der Waals surface area (Å²) in [6.45, 7) is 5.86. The third-order valence-electron chi connectivity index (χ3n) is 3.27. The number of hydrogen-bond donors (Lipinski definition) is 0. The molecule has 0 aliphatic heterocycles. The highest BCUT2D eigenvalue weighted by molar-refractivity contribution is 5.70. The lowest BCUT2D eigenvalue weighted by Gasteiger charge is -2.15. The quantitative estimate of drug-likeness (QED) is 0.699. The second-order valence-corrected chi connectivity index (χ2v) is 4.92. The summed E-state index contributed by atoms with van der Waals surface area (Å²) in [6, 6.07) is 6.77. The molecule has 0 aliphatic carbocycles. The molecule has 0 atom stereocenters. The van der Waals surface area contributed by atoms with Crippen LogP contribution >= 0.6 is 0 Å². The van der Waals surface area contributed by atoms with Gasteiger partial charge in [-0.1, -0.05) is 32.0 Å². The molecule has 2 aromatic rings. The van der Waals surface area contributed by atoms with E-state index in [0.717, 1.165) is 11.1 Å². The maximum atomic E-state index is 13.8. The van der Waals surface area contributed by atoms with Gasteiger partial charge in [0.1, 0.15) is 17.5 Å². The fourth-order valence-electron chi connectivity index (χ4n) is 2.35. The van der Waals surface area contributed by atoms with Gasteiger partial charge >= 0.3 is 0 Å². The zero-order valence-electron chi connectivity index (χ0n) is 11.1. The molecule has 2 rings (SSSR count). The molecule has 3 heteroatoms. The van der Waals surface area contributed by atoms with E-state index in [1.165, 1.54) is 0 Å². The molecule has 0 radical (unpaired) electrons. The standard InChI is InChI=1S/C16H15F3/c1-9(2)12-5-4-6-13(10(12)3)16-14(18)7-11(17)8-15(16)19/h4-9H,1-3H3. The number of benzene rings is 2. The molecule has 0 unspecified atom stereocenters. The van der Waals surface area contributed by atoms with Crippen LogP contribution in [-0.2, 0) is 0 Å². The molecule has 0 aliphatic rings. The zero-order chi connectivity index (χ0) is 14.2. The second kappa shape index (κ2) is 5.08. The molecular weight excluding hydrogens is 249 g/mol. The normalized spacial score (nSPS) is 11.1. The first-order valence-corrected chi connectivity index (χ1v) is 6.16. The molecule has 100 valence electrons. The van der Waals surface area contributed by atoms with Gasteiger partial charge in [0.25, 0.3) is 0 Å². The molecular formula is C16H15F3. The highest BCUT2D eigenvalue weighted by atomic mass is 19.1. The van der Waals surface area contributed by atoms with Crippen molar-refractivity contribution in [1.29, 1.82) is 0 Å². The lowest BCUT2D eigenvalue weighted by molar-refractivity contribution is 0.548. The summed E-state index contributed by atoms with van der Waals surface area (Å²) in [6.07, 6.45) is 0. The SMILES string of the molecule is Cc1c(-c2c(F)cc(F)cc2F)cccc1C(C)C. The Morgan fingerprint density at radius 3 is 2.05 bits per heavy atom. The Morgan fingerprint density at radius 2 is 1.53 bits per heavy atom. The highest BCUT2D eigenvalue weighted by Gasteiger charge is 2.17. The Bertz CT molecular complexity index is 592. The summed E-state index contributed by atoms with van der Waals surface area (Å²) >= 11 is 0. The van der Waals surface area contributed by atoms with E-state index in [9.17, 15) is 13.2 Å². The first-order valence-electron chi connectivity index (χ1n) is 6.16. The summed E-state index contributed by atoms with van der Waals surface area (Å²) in [5.41, 5.74) is 2.16. The van der Waals surface area contributed by atoms with E-state index in [4.69, 9.17) is 0 Å². The van der Waals surface area contributed by atoms with Crippen LogP contribution in [0.3, 0.4) is 0 Å². The average Bonchev–Trinajstić information content (AvgIpc) is 2.29. The molecule has 0 amide bonds. The predicted octanol–water partition coefficient (Wildman–Crippen LogP) is 5.20. The molecule has 19 heavy (non-hydrogen) atoms. The van der Waals surface area contributed by atoms with Gasteiger partial charge < -0.3 is 0 Å². The molecule has 0 saturated carbocycles. The largest absolute Gasteiger partial charge is 0.207 e. The molecule has 0 saturated heterocycles. The lowest BCUT2D eigenvalue weighted by Crippen LogP contribution is -1.98. The van der Waals surface area contributed by atoms with Crippen LogP contribution in [-0.4, -0.2) is 0 Å². The Labute approximate surface area is 110 Å².